The summed E-state index contributed by atoms with van der Waals surface area (Å²) in [5.41, 5.74) is 9.32. The fraction of sp³-hybridized carbons (Fsp3) is 0.701. The third kappa shape index (κ3) is 12.6. The second kappa shape index (κ2) is 26.5. The molecule has 2 N–H and O–H groups in total. The minimum Gasteiger partial charge on any atom is -0.393 e. The lowest BCUT2D eigenvalue weighted by Gasteiger charge is -2.59. The lowest BCUT2D eigenvalue weighted by molar-refractivity contribution is -0.130. The first-order chi connectivity index (χ1) is 44.8. The van der Waals surface area contributed by atoms with Crippen LogP contribution in [-0.4, -0.2) is 33.5 Å². The van der Waals surface area contributed by atoms with E-state index in [1.54, 1.807) is 23.3 Å². The van der Waals surface area contributed by atoms with Crippen molar-refractivity contribution in [1.29, 1.82) is 0 Å². The van der Waals surface area contributed by atoms with Gasteiger partial charge in [-0.2, -0.15) is 0 Å². The second-order valence-electron chi connectivity index (χ2n) is 36.1. The standard InChI is InChI=1S/C30H43FO.C29H39FO.C28H37FO2/c1-20-13-16-28(2)22(19-20)7-10-24-25-11-12-27(29(25,3)17-15-26(24)28)30(4,32)18-14-21-5-8-23(31)9-6-21;1-19-14-16-28(2)21(18-19)7-10-23-24-11-12-26(29(24,3)17-15-25(23)28)27(31)13-6-20-4-8-22(30)9-5-20;1-27-15-13-21(30)17-19(27)6-9-22-23-10-11-25(28(23,2)16-14-24(22)27)26(31)12-5-18-3-7-20(29)8-4-18/h5-9,20,24-27,32H,10-19H2,1-4H3;4-5,7-9,19,23-26H,6,10-18H2,1-3H3;3-4,6-8,21-25,30H,5,9-17H2,1-2H3/t20-,24-,25-,26-,27-,28-,29-,30+;19-,23-,24-,25-,26+,28-,29-;21-,22-,23-,24-,25+,27-,28-/m000/s1. The van der Waals surface area contributed by atoms with Crippen LogP contribution in [0.15, 0.2) is 108 Å². The SMILES string of the molecule is C[C@H]1CC[C@@]2(C)C(=CC[C@H]3[C@@H]4CC[C@H](C(=O)CCc5ccc(F)cc5)[C@@]4(C)CC[C@@H]32)C1.C[C@H]1CC[C@@]2(C)C(=CC[C@H]3[C@@H]4CC[C@H]([C@](C)(O)CCc5ccc(F)cc5)[C@@]4(C)CC[C@@H]32)C1.C[C@]12CC[C@H]3[C@@H](CC=C4C[C@@H](O)CC[C@@]43C)[C@@H]1CC[C@@H]2C(=O)CCc1ccc(F)cc1. The quantitative estimate of drug-likeness (QED) is 0.177. The van der Waals surface area contributed by atoms with Gasteiger partial charge in [-0.1, -0.05) is 127 Å². The number of ketones is 2. The van der Waals surface area contributed by atoms with Crippen molar-refractivity contribution < 1.29 is 33.0 Å². The van der Waals surface area contributed by atoms with Gasteiger partial charge in [0.15, 0.2) is 0 Å². The topological polar surface area (TPSA) is 74.6 Å². The number of Topliss-reactive ketones (excluding diaryl/α,β-unsaturated/α-hetero) is 2. The minimum absolute atomic E-state index is 0.136. The van der Waals surface area contributed by atoms with E-state index in [0.717, 1.165) is 135 Å². The van der Waals surface area contributed by atoms with Crippen LogP contribution in [0.2, 0.25) is 0 Å². The fourth-order valence-corrected chi connectivity index (χ4v) is 25.8. The van der Waals surface area contributed by atoms with E-state index in [9.17, 15) is 33.0 Å². The zero-order valence-electron chi connectivity index (χ0n) is 59.4. The normalized spacial score (nSPS) is 42.1. The first kappa shape index (κ1) is 68.5. The fourth-order valence-electron chi connectivity index (χ4n) is 25.8. The molecule has 512 valence electrons. The number of benzene rings is 3. The van der Waals surface area contributed by atoms with Crippen molar-refractivity contribution in [2.24, 2.45) is 115 Å². The third-order valence-electron chi connectivity index (χ3n) is 31.3. The number of hydrogen-bond donors (Lipinski definition) is 2. The number of allylic oxidation sites excluding steroid dienone is 5. The van der Waals surface area contributed by atoms with Crippen molar-refractivity contribution in [3.8, 4) is 0 Å². The van der Waals surface area contributed by atoms with E-state index in [0.29, 0.717) is 64.8 Å². The number of aryl methyl sites for hydroxylation is 3. The summed E-state index contributed by atoms with van der Waals surface area (Å²) in [7, 11) is 0. The summed E-state index contributed by atoms with van der Waals surface area (Å²) in [5.74, 6) is 9.50. The van der Waals surface area contributed by atoms with E-state index in [-0.39, 0.29) is 57.1 Å². The molecule has 12 aliphatic rings. The lowest BCUT2D eigenvalue weighted by atomic mass is 9.46. The van der Waals surface area contributed by atoms with Gasteiger partial charge < -0.3 is 10.2 Å². The van der Waals surface area contributed by atoms with Gasteiger partial charge in [-0.25, -0.2) is 13.2 Å². The molecule has 0 aromatic heterocycles. The molecule has 3 aromatic carbocycles. The first-order valence-electron chi connectivity index (χ1n) is 38.5. The maximum atomic E-state index is 13.3. The highest BCUT2D eigenvalue weighted by molar-refractivity contribution is 5.83. The Bertz CT molecular complexity index is 3160. The molecule has 0 unspecified atom stereocenters. The number of fused-ring (bicyclic) bond motifs is 15. The summed E-state index contributed by atoms with van der Waals surface area (Å²) in [6.45, 7) is 21.9. The Morgan fingerprint density at radius 3 is 1.20 bits per heavy atom. The number of aliphatic hydroxyl groups excluding tert-OH is 1. The Labute approximate surface area is 565 Å². The van der Waals surface area contributed by atoms with Gasteiger partial charge >= 0.3 is 0 Å². The maximum Gasteiger partial charge on any atom is 0.136 e. The summed E-state index contributed by atoms with van der Waals surface area (Å²) in [6.07, 6.45) is 41.1. The van der Waals surface area contributed by atoms with Gasteiger partial charge in [0.25, 0.3) is 0 Å². The molecule has 3 aromatic rings. The zero-order valence-corrected chi connectivity index (χ0v) is 59.4. The molecule has 7 heteroatoms. The zero-order chi connectivity index (χ0) is 66.3. The van der Waals surface area contributed by atoms with Crippen molar-refractivity contribution in [2.75, 3.05) is 0 Å². The molecule has 22 atom stereocenters. The molecular weight excluding hydrogens is 1170 g/mol. The molecule has 4 nitrogen and oxygen atoms in total. The van der Waals surface area contributed by atoms with Crippen LogP contribution in [0, 0.1) is 133 Å². The van der Waals surface area contributed by atoms with Crippen molar-refractivity contribution >= 4 is 11.6 Å². The maximum absolute atomic E-state index is 13.3. The summed E-state index contributed by atoms with van der Waals surface area (Å²) in [5, 5.41) is 21.9. The number of aliphatic hydroxyl groups is 2. The average molecular weight is 1290 g/mol. The molecule has 0 saturated heterocycles. The van der Waals surface area contributed by atoms with Crippen LogP contribution < -0.4 is 0 Å². The van der Waals surface area contributed by atoms with E-state index in [4.69, 9.17) is 0 Å². The van der Waals surface area contributed by atoms with Crippen molar-refractivity contribution in [3.05, 3.63) is 142 Å². The summed E-state index contributed by atoms with van der Waals surface area (Å²) in [4.78, 5) is 26.7. The van der Waals surface area contributed by atoms with Crippen LogP contribution in [0.3, 0.4) is 0 Å². The molecule has 0 bridgehead atoms. The Hall–Kier alpha value is -4.07. The lowest BCUT2D eigenvalue weighted by Crippen LogP contribution is -2.52. The third-order valence-corrected chi connectivity index (χ3v) is 31.3. The predicted octanol–water partition coefficient (Wildman–Crippen LogP) is 21.5. The van der Waals surface area contributed by atoms with Crippen molar-refractivity contribution in [1.82, 2.24) is 0 Å². The van der Waals surface area contributed by atoms with Crippen molar-refractivity contribution in [3.63, 3.8) is 0 Å². The van der Waals surface area contributed by atoms with E-state index >= 15 is 0 Å². The van der Waals surface area contributed by atoms with Gasteiger partial charge in [-0.3, -0.25) is 9.59 Å². The van der Waals surface area contributed by atoms with Crippen molar-refractivity contribution in [2.45, 2.75) is 267 Å². The minimum atomic E-state index is -0.662. The molecule has 12 aliphatic carbocycles. The highest BCUT2D eigenvalue weighted by atomic mass is 19.1. The van der Waals surface area contributed by atoms with E-state index in [1.807, 2.05) is 24.3 Å². The average Bonchev–Trinajstić information content (AvgIpc) is 1.42. The molecule has 9 saturated carbocycles. The second-order valence-corrected chi connectivity index (χ2v) is 36.1. The van der Waals surface area contributed by atoms with E-state index < -0.39 is 5.60 Å². The number of hydrogen-bond acceptors (Lipinski definition) is 4. The molecule has 94 heavy (non-hydrogen) atoms. The molecular formula is C87H119F3O4. The Morgan fingerprint density at radius 1 is 0.436 bits per heavy atom. The number of halogens is 3. The summed E-state index contributed by atoms with van der Waals surface area (Å²) >= 11 is 0. The Balaban J connectivity index is 0.000000128. The van der Waals surface area contributed by atoms with Crippen LogP contribution in [-0.2, 0) is 28.9 Å². The molecule has 0 aliphatic heterocycles. The van der Waals surface area contributed by atoms with Gasteiger partial charge in [0, 0.05) is 24.7 Å². The van der Waals surface area contributed by atoms with Gasteiger partial charge in [0.2, 0.25) is 0 Å². The highest BCUT2D eigenvalue weighted by Gasteiger charge is 2.64. The van der Waals surface area contributed by atoms with Gasteiger partial charge in [0.1, 0.15) is 29.0 Å². The molecule has 0 heterocycles. The largest absolute Gasteiger partial charge is 0.393 e. The van der Waals surface area contributed by atoms with Crippen LogP contribution in [0.5, 0.6) is 0 Å². The number of carbonyl (C=O) groups is 2. The highest BCUT2D eigenvalue weighted by Crippen LogP contribution is 2.71. The van der Waals surface area contributed by atoms with Crippen LogP contribution in [0.1, 0.15) is 252 Å². The smallest absolute Gasteiger partial charge is 0.136 e. The van der Waals surface area contributed by atoms with Gasteiger partial charge in [0.05, 0.1) is 11.7 Å². The molecule has 0 spiro atoms. The monoisotopic (exact) mass is 1280 g/mol. The molecule has 0 radical (unpaired) electrons. The van der Waals surface area contributed by atoms with Crippen LogP contribution >= 0.6 is 0 Å². The van der Waals surface area contributed by atoms with Crippen LogP contribution in [0.25, 0.3) is 0 Å². The van der Waals surface area contributed by atoms with E-state index in [1.165, 1.54) is 145 Å². The molecule has 0 amide bonds. The number of carbonyl (C=O) groups excluding carboxylic acids is 2. The first-order valence-corrected chi connectivity index (χ1v) is 38.5. The predicted molar refractivity (Wildman–Crippen MR) is 375 cm³/mol. The molecule has 9 fully saturated rings. The Kier molecular flexibility index (Phi) is 19.3. The molecule has 15 rings (SSSR count). The number of rotatable bonds is 12. The van der Waals surface area contributed by atoms with E-state index in [2.05, 4.69) is 80.5 Å². The van der Waals surface area contributed by atoms with Gasteiger partial charge in [-0.15, -0.1) is 0 Å². The summed E-state index contributed by atoms with van der Waals surface area (Å²) in [6, 6.07) is 20.1. The summed E-state index contributed by atoms with van der Waals surface area (Å²) < 4.78 is 39.6. The van der Waals surface area contributed by atoms with Gasteiger partial charge in [-0.05, 0) is 343 Å². The van der Waals surface area contributed by atoms with Crippen LogP contribution in [0.4, 0.5) is 13.2 Å². The Morgan fingerprint density at radius 2 is 0.787 bits per heavy atom.